The largest absolute Gasteiger partial charge is 0.374 e. The molecule has 0 heterocycles. The minimum absolute atomic E-state index is 0.0537. The second-order valence-electron chi connectivity index (χ2n) is 5.08. The van der Waals surface area contributed by atoms with Gasteiger partial charge >= 0.3 is 0 Å². The molecular weight excluding hydrogens is 236 g/mol. The van der Waals surface area contributed by atoms with E-state index in [0.29, 0.717) is 6.04 Å². The Bertz CT molecular complexity index is 484. The monoisotopic (exact) mass is 256 g/mol. The molecule has 2 N–H and O–H groups in total. The van der Waals surface area contributed by atoms with Crippen molar-refractivity contribution in [2.75, 3.05) is 5.32 Å². The Kier molecular flexibility index (Phi) is 4.46. The third kappa shape index (κ3) is 3.75. The molecule has 1 saturated carbocycles. The van der Waals surface area contributed by atoms with Gasteiger partial charge in [0.1, 0.15) is 6.04 Å². The fourth-order valence-electron chi connectivity index (χ4n) is 2.41. The Balaban J connectivity index is 1.90. The maximum Gasteiger partial charge on any atom is 0.242 e. The Hall–Kier alpha value is -1.95. The number of carbonyl (C=O) groups excluding carboxylic acids is 1. The molecular formula is C16H20N2O. The van der Waals surface area contributed by atoms with Crippen LogP contribution in [0.4, 0.5) is 5.69 Å². The molecule has 0 aromatic heterocycles. The quantitative estimate of drug-likeness (QED) is 0.813. The topological polar surface area (TPSA) is 41.1 Å². The first-order valence-corrected chi connectivity index (χ1v) is 6.82. The summed E-state index contributed by atoms with van der Waals surface area (Å²) in [5, 5.41) is 6.27. The maximum absolute atomic E-state index is 12.0. The van der Waals surface area contributed by atoms with Gasteiger partial charge in [0.05, 0.1) is 0 Å². The molecule has 3 nitrogen and oxygen atoms in total. The second-order valence-corrected chi connectivity index (χ2v) is 5.08. The summed E-state index contributed by atoms with van der Waals surface area (Å²) in [6.07, 6.45) is 10.0. The van der Waals surface area contributed by atoms with Crippen LogP contribution in [-0.2, 0) is 4.79 Å². The summed E-state index contributed by atoms with van der Waals surface area (Å²) in [7, 11) is 0. The maximum atomic E-state index is 12.0. The third-order valence-corrected chi connectivity index (χ3v) is 3.51. The predicted molar refractivity (Wildman–Crippen MR) is 77.9 cm³/mol. The number of anilines is 1. The standard InChI is InChI=1S/C16H20N2O/c1-3-13-7-6-10-15(11-13)17-12(2)16(19)18-14-8-4-5-9-14/h1,6-7,10-12,14,17H,4-5,8-9H2,2H3,(H,18,19). The average molecular weight is 256 g/mol. The van der Waals surface area contributed by atoms with E-state index in [1.165, 1.54) is 12.8 Å². The van der Waals surface area contributed by atoms with Crippen LogP contribution in [0, 0.1) is 12.3 Å². The molecule has 1 amide bonds. The summed E-state index contributed by atoms with van der Waals surface area (Å²) in [6, 6.07) is 7.65. The van der Waals surface area contributed by atoms with E-state index < -0.39 is 0 Å². The van der Waals surface area contributed by atoms with Gasteiger partial charge in [-0.25, -0.2) is 0 Å². The fourth-order valence-corrected chi connectivity index (χ4v) is 2.41. The molecule has 1 aliphatic rings. The predicted octanol–water partition coefficient (Wildman–Crippen LogP) is 2.53. The smallest absolute Gasteiger partial charge is 0.242 e. The van der Waals surface area contributed by atoms with E-state index in [4.69, 9.17) is 6.42 Å². The van der Waals surface area contributed by atoms with Crippen molar-refractivity contribution in [1.82, 2.24) is 5.32 Å². The number of terminal acetylenes is 1. The fraction of sp³-hybridized carbons (Fsp3) is 0.438. The first-order valence-electron chi connectivity index (χ1n) is 6.82. The van der Waals surface area contributed by atoms with Crippen molar-refractivity contribution < 1.29 is 4.79 Å². The van der Waals surface area contributed by atoms with Crippen molar-refractivity contribution in [3.8, 4) is 12.3 Å². The van der Waals surface area contributed by atoms with Crippen molar-refractivity contribution in [3.05, 3.63) is 29.8 Å². The average Bonchev–Trinajstić information content (AvgIpc) is 2.91. The molecule has 1 aliphatic carbocycles. The van der Waals surface area contributed by atoms with Crippen LogP contribution < -0.4 is 10.6 Å². The lowest BCUT2D eigenvalue weighted by molar-refractivity contribution is -0.122. The van der Waals surface area contributed by atoms with E-state index in [-0.39, 0.29) is 11.9 Å². The van der Waals surface area contributed by atoms with Crippen LogP contribution in [0.2, 0.25) is 0 Å². The summed E-state index contributed by atoms with van der Waals surface area (Å²) in [5.74, 6) is 2.64. The van der Waals surface area contributed by atoms with Gasteiger partial charge in [0, 0.05) is 17.3 Å². The van der Waals surface area contributed by atoms with E-state index in [1.54, 1.807) is 0 Å². The van der Waals surface area contributed by atoms with Crippen molar-refractivity contribution in [3.63, 3.8) is 0 Å². The van der Waals surface area contributed by atoms with Crippen LogP contribution in [0.3, 0.4) is 0 Å². The first-order chi connectivity index (χ1) is 9.19. The van der Waals surface area contributed by atoms with Crippen LogP contribution in [-0.4, -0.2) is 18.0 Å². The number of carbonyl (C=O) groups is 1. The number of benzene rings is 1. The van der Waals surface area contributed by atoms with Gasteiger partial charge in [0.15, 0.2) is 0 Å². The van der Waals surface area contributed by atoms with E-state index in [0.717, 1.165) is 24.1 Å². The molecule has 1 aromatic rings. The lowest BCUT2D eigenvalue weighted by Gasteiger charge is -2.18. The summed E-state index contributed by atoms with van der Waals surface area (Å²) in [4.78, 5) is 12.0. The zero-order valence-corrected chi connectivity index (χ0v) is 11.3. The van der Waals surface area contributed by atoms with E-state index in [2.05, 4.69) is 16.6 Å². The molecule has 1 atom stereocenters. The molecule has 19 heavy (non-hydrogen) atoms. The third-order valence-electron chi connectivity index (χ3n) is 3.51. The molecule has 0 radical (unpaired) electrons. The SMILES string of the molecule is C#Cc1cccc(NC(C)C(=O)NC2CCCC2)c1. The minimum Gasteiger partial charge on any atom is -0.374 e. The Morgan fingerprint density at radius 2 is 2.16 bits per heavy atom. The Morgan fingerprint density at radius 1 is 1.42 bits per heavy atom. The number of amides is 1. The molecule has 0 bridgehead atoms. The minimum atomic E-state index is -0.256. The van der Waals surface area contributed by atoms with E-state index in [9.17, 15) is 4.79 Å². The van der Waals surface area contributed by atoms with Gasteiger partial charge in [-0.1, -0.05) is 24.8 Å². The molecule has 1 aromatic carbocycles. The van der Waals surface area contributed by atoms with E-state index >= 15 is 0 Å². The zero-order valence-electron chi connectivity index (χ0n) is 11.3. The number of hydrogen-bond donors (Lipinski definition) is 2. The molecule has 3 heteroatoms. The molecule has 0 saturated heterocycles. The molecule has 1 fully saturated rings. The Morgan fingerprint density at radius 3 is 2.84 bits per heavy atom. The summed E-state index contributed by atoms with van der Waals surface area (Å²) in [5.41, 5.74) is 1.69. The van der Waals surface area contributed by atoms with Crippen LogP contribution >= 0.6 is 0 Å². The van der Waals surface area contributed by atoms with Gasteiger partial charge in [-0.3, -0.25) is 4.79 Å². The molecule has 100 valence electrons. The van der Waals surface area contributed by atoms with Crippen molar-refractivity contribution in [1.29, 1.82) is 0 Å². The highest BCUT2D eigenvalue weighted by Gasteiger charge is 2.20. The Labute approximate surface area is 114 Å². The van der Waals surface area contributed by atoms with Crippen molar-refractivity contribution >= 4 is 11.6 Å². The number of nitrogens with one attached hydrogen (secondary N) is 2. The lowest BCUT2D eigenvalue weighted by atomic mass is 10.2. The van der Waals surface area contributed by atoms with Crippen molar-refractivity contribution in [2.24, 2.45) is 0 Å². The van der Waals surface area contributed by atoms with Crippen LogP contribution in [0.5, 0.6) is 0 Å². The highest BCUT2D eigenvalue weighted by atomic mass is 16.2. The summed E-state index contributed by atoms with van der Waals surface area (Å²) >= 11 is 0. The number of rotatable bonds is 4. The normalized spacial score (nSPS) is 16.6. The van der Waals surface area contributed by atoms with Crippen molar-refractivity contribution in [2.45, 2.75) is 44.7 Å². The zero-order chi connectivity index (χ0) is 13.7. The van der Waals surface area contributed by atoms with Gasteiger partial charge in [-0.05, 0) is 38.0 Å². The molecule has 0 aliphatic heterocycles. The second kappa shape index (κ2) is 6.29. The van der Waals surface area contributed by atoms with Gasteiger partial charge in [-0.15, -0.1) is 6.42 Å². The van der Waals surface area contributed by atoms with Gasteiger partial charge in [0.25, 0.3) is 0 Å². The summed E-state index contributed by atoms with van der Waals surface area (Å²) in [6.45, 7) is 1.87. The summed E-state index contributed by atoms with van der Waals surface area (Å²) < 4.78 is 0. The lowest BCUT2D eigenvalue weighted by Crippen LogP contribution is -2.42. The van der Waals surface area contributed by atoms with Crippen LogP contribution in [0.25, 0.3) is 0 Å². The van der Waals surface area contributed by atoms with Gasteiger partial charge < -0.3 is 10.6 Å². The molecule has 2 rings (SSSR count). The highest BCUT2D eigenvalue weighted by Crippen LogP contribution is 2.18. The van der Waals surface area contributed by atoms with Crippen LogP contribution in [0.1, 0.15) is 38.2 Å². The highest BCUT2D eigenvalue weighted by molar-refractivity contribution is 5.84. The first kappa shape index (κ1) is 13.5. The molecule has 0 spiro atoms. The van der Waals surface area contributed by atoms with Gasteiger partial charge in [0.2, 0.25) is 5.91 Å². The van der Waals surface area contributed by atoms with Gasteiger partial charge in [-0.2, -0.15) is 0 Å². The number of hydrogen-bond acceptors (Lipinski definition) is 2. The van der Waals surface area contributed by atoms with Crippen LogP contribution in [0.15, 0.2) is 24.3 Å². The van der Waals surface area contributed by atoms with E-state index in [1.807, 2.05) is 31.2 Å². The molecule has 1 unspecified atom stereocenters.